The summed E-state index contributed by atoms with van der Waals surface area (Å²) in [7, 11) is 0. The molecule has 7 nitrogen and oxygen atoms in total. The molecule has 35 heavy (non-hydrogen) atoms. The first-order valence-electron chi connectivity index (χ1n) is 12.3. The van der Waals surface area contributed by atoms with Crippen LogP contribution < -0.4 is 0 Å². The van der Waals surface area contributed by atoms with E-state index in [-0.39, 0.29) is 24.0 Å². The molecular formula is C28H26N4O3. The van der Waals surface area contributed by atoms with Crippen LogP contribution in [0.3, 0.4) is 0 Å². The average Bonchev–Trinajstić information content (AvgIpc) is 3.12. The Morgan fingerprint density at radius 3 is 2.46 bits per heavy atom. The number of hydrogen-bond donors (Lipinski definition) is 1. The maximum atomic E-state index is 11.3. The lowest BCUT2D eigenvalue weighted by Crippen LogP contribution is -2.09. The lowest BCUT2D eigenvalue weighted by Gasteiger charge is -2.14. The highest BCUT2D eigenvalue weighted by molar-refractivity contribution is 5.74. The Bertz CT molecular complexity index is 1470. The zero-order chi connectivity index (χ0) is 23.8. The smallest absolute Gasteiger partial charge is 0.307 e. The number of imidazole rings is 1. The highest BCUT2D eigenvalue weighted by atomic mass is 16.5. The normalized spacial score (nSPS) is 28.7. The molecule has 176 valence electrons. The first-order valence-corrected chi connectivity index (χ1v) is 12.3. The predicted octanol–water partition coefficient (Wildman–Crippen LogP) is 5.10. The van der Waals surface area contributed by atoms with Crippen molar-refractivity contribution < 1.29 is 14.6 Å². The number of hydrogen-bond acceptors (Lipinski definition) is 5. The SMILES string of the molecule is Cc1nc2ccc(-c3cnc(C4CC5C(C4)C5C(=O)O)nc3)cn2c1[C@H]1O[C@@H](C)c2ccccc21. The summed E-state index contributed by atoms with van der Waals surface area (Å²) >= 11 is 0. The number of carboxylic acid groups (broad SMARTS) is 1. The Kier molecular flexibility index (Phi) is 4.42. The van der Waals surface area contributed by atoms with E-state index in [4.69, 9.17) is 9.72 Å². The van der Waals surface area contributed by atoms with E-state index < -0.39 is 5.97 Å². The molecule has 4 heterocycles. The van der Waals surface area contributed by atoms with Crippen LogP contribution in [-0.4, -0.2) is 30.4 Å². The largest absolute Gasteiger partial charge is 0.481 e. The second-order valence-electron chi connectivity index (χ2n) is 10.2. The van der Waals surface area contributed by atoms with E-state index >= 15 is 0 Å². The number of carbonyl (C=O) groups is 1. The molecule has 1 aliphatic heterocycles. The molecule has 2 aliphatic carbocycles. The number of aryl methyl sites for hydroxylation is 1. The van der Waals surface area contributed by atoms with Gasteiger partial charge >= 0.3 is 5.97 Å². The van der Waals surface area contributed by atoms with Crippen LogP contribution in [0.4, 0.5) is 0 Å². The third kappa shape index (κ3) is 3.14. The molecule has 0 radical (unpaired) electrons. The third-order valence-electron chi connectivity index (χ3n) is 8.24. The fourth-order valence-electron chi connectivity index (χ4n) is 6.47. The minimum absolute atomic E-state index is 0.0395. The topological polar surface area (TPSA) is 89.6 Å². The summed E-state index contributed by atoms with van der Waals surface area (Å²) in [6.07, 6.45) is 7.51. The summed E-state index contributed by atoms with van der Waals surface area (Å²) in [5.41, 5.74) is 7.28. The number of benzene rings is 1. The van der Waals surface area contributed by atoms with Crippen molar-refractivity contribution in [2.24, 2.45) is 17.8 Å². The van der Waals surface area contributed by atoms with Gasteiger partial charge in [-0.25, -0.2) is 15.0 Å². The molecule has 7 rings (SSSR count). The number of rotatable bonds is 4. The van der Waals surface area contributed by atoms with Gasteiger partial charge in [0.15, 0.2) is 0 Å². The van der Waals surface area contributed by atoms with Gasteiger partial charge in [-0.15, -0.1) is 0 Å². The minimum atomic E-state index is -0.653. The van der Waals surface area contributed by atoms with Gasteiger partial charge < -0.3 is 14.2 Å². The fourth-order valence-corrected chi connectivity index (χ4v) is 6.47. The van der Waals surface area contributed by atoms with Crippen molar-refractivity contribution in [2.45, 2.75) is 44.8 Å². The number of aliphatic carboxylic acids is 1. The van der Waals surface area contributed by atoms with Crippen LogP contribution in [0.5, 0.6) is 0 Å². The standard InChI is InChI=1S/C28H26N4O3/c1-14-25(26-20-6-4-3-5-19(20)15(2)35-26)32-13-16(7-8-23(32)31-14)18-11-29-27(30-12-18)17-9-21-22(10-17)24(21)28(33)34/h3-8,11-13,15,17,21-22,24,26H,9-10H2,1-2H3,(H,33,34)/t15-,17?,21?,22?,24?,26-/m0/s1. The molecule has 1 N–H and O–H groups in total. The zero-order valence-electron chi connectivity index (χ0n) is 19.6. The molecule has 0 saturated heterocycles. The molecule has 2 unspecified atom stereocenters. The average molecular weight is 467 g/mol. The van der Waals surface area contributed by atoms with E-state index in [1.807, 2.05) is 25.4 Å². The summed E-state index contributed by atoms with van der Waals surface area (Å²) in [6, 6.07) is 12.5. The van der Waals surface area contributed by atoms with Crippen LogP contribution in [0.15, 0.2) is 55.0 Å². The van der Waals surface area contributed by atoms with Crippen LogP contribution in [0.1, 0.15) is 66.2 Å². The van der Waals surface area contributed by atoms with E-state index in [0.29, 0.717) is 11.8 Å². The third-order valence-corrected chi connectivity index (χ3v) is 8.24. The Hall–Kier alpha value is -3.58. The summed E-state index contributed by atoms with van der Waals surface area (Å²) in [5, 5.41) is 9.26. The van der Waals surface area contributed by atoms with Crippen LogP contribution >= 0.6 is 0 Å². The van der Waals surface area contributed by atoms with Crippen molar-refractivity contribution in [1.82, 2.24) is 19.4 Å². The number of ether oxygens (including phenoxy) is 1. The van der Waals surface area contributed by atoms with Crippen LogP contribution in [0.2, 0.25) is 0 Å². The second kappa shape index (κ2) is 7.46. The number of carboxylic acids is 1. The van der Waals surface area contributed by atoms with E-state index in [1.54, 1.807) is 0 Å². The van der Waals surface area contributed by atoms with Crippen molar-refractivity contribution >= 4 is 11.6 Å². The molecule has 1 aromatic carbocycles. The molecular weight excluding hydrogens is 440 g/mol. The summed E-state index contributed by atoms with van der Waals surface area (Å²) in [4.78, 5) is 25.4. The number of pyridine rings is 1. The minimum Gasteiger partial charge on any atom is -0.481 e. The van der Waals surface area contributed by atoms with Crippen LogP contribution in [0.25, 0.3) is 16.8 Å². The predicted molar refractivity (Wildman–Crippen MR) is 129 cm³/mol. The van der Waals surface area contributed by atoms with E-state index in [2.05, 4.69) is 57.8 Å². The van der Waals surface area contributed by atoms with Gasteiger partial charge in [0.25, 0.3) is 0 Å². The lowest BCUT2D eigenvalue weighted by atomic mass is 9.99. The van der Waals surface area contributed by atoms with Gasteiger partial charge in [-0.05, 0) is 61.8 Å². The number of fused-ring (bicyclic) bond motifs is 3. The summed E-state index contributed by atoms with van der Waals surface area (Å²) < 4.78 is 8.53. The van der Waals surface area contributed by atoms with Gasteiger partial charge in [-0.1, -0.05) is 24.3 Å². The van der Waals surface area contributed by atoms with Crippen molar-refractivity contribution in [3.05, 3.63) is 83.3 Å². The Balaban J connectivity index is 1.19. The van der Waals surface area contributed by atoms with Gasteiger partial charge in [0.05, 0.1) is 23.4 Å². The van der Waals surface area contributed by atoms with Crippen molar-refractivity contribution in [3.8, 4) is 11.1 Å². The van der Waals surface area contributed by atoms with Gasteiger partial charge in [0.1, 0.15) is 17.6 Å². The zero-order valence-corrected chi connectivity index (χ0v) is 19.6. The Morgan fingerprint density at radius 2 is 1.74 bits per heavy atom. The van der Waals surface area contributed by atoms with E-state index in [9.17, 15) is 9.90 Å². The molecule has 0 amide bonds. The maximum absolute atomic E-state index is 11.3. The fraction of sp³-hybridized carbons (Fsp3) is 0.357. The van der Waals surface area contributed by atoms with Gasteiger partial charge in [-0.2, -0.15) is 0 Å². The van der Waals surface area contributed by atoms with Crippen molar-refractivity contribution in [1.29, 1.82) is 0 Å². The molecule has 7 heteroatoms. The molecule has 2 saturated carbocycles. The number of aromatic nitrogens is 4. The van der Waals surface area contributed by atoms with Crippen LogP contribution in [-0.2, 0) is 9.53 Å². The monoisotopic (exact) mass is 466 g/mol. The van der Waals surface area contributed by atoms with Gasteiger partial charge in [0.2, 0.25) is 0 Å². The van der Waals surface area contributed by atoms with E-state index in [1.165, 1.54) is 11.1 Å². The van der Waals surface area contributed by atoms with Crippen LogP contribution in [0, 0.1) is 24.7 Å². The van der Waals surface area contributed by atoms with Gasteiger partial charge in [-0.3, -0.25) is 4.79 Å². The second-order valence-corrected chi connectivity index (χ2v) is 10.2. The quantitative estimate of drug-likeness (QED) is 0.450. The first kappa shape index (κ1) is 20.8. The molecule has 3 aromatic heterocycles. The Labute approximate surface area is 202 Å². The lowest BCUT2D eigenvalue weighted by molar-refractivity contribution is -0.139. The highest BCUT2D eigenvalue weighted by Crippen LogP contribution is 2.61. The van der Waals surface area contributed by atoms with Gasteiger partial charge in [0, 0.05) is 35.6 Å². The molecule has 2 fully saturated rings. The first-order chi connectivity index (χ1) is 17.0. The Morgan fingerprint density at radius 1 is 1.03 bits per heavy atom. The molecule has 3 aliphatic rings. The molecule has 0 bridgehead atoms. The molecule has 0 spiro atoms. The maximum Gasteiger partial charge on any atom is 0.307 e. The molecule has 4 aromatic rings. The van der Waals surface area contributed by atoms with Crippen molar-refractivity contribution in [3.63, 3.8) is 0 Å². The summed E-state index contributed by atoms with van der Waals surface area (Å²) in [5.74, 6) is 0.898. The summed E-state index contributed by atoms with van der Waals surface area (Å²) in [6.45, 7) is 4.13. The molecule has 4 atom stereocenters. The number of nitrogens with zero attached hydrogens (tertiary/aromatic N) is 4. The highest BCUT2D eigenvalue weighted by Gasteiger charge is 2.60. The van der Waals surface area contributed by atoms with E-state index in [0.717, 1.165) is 46.8 Å². The van der Waals surface area contributed by atoms with Crippen molar-refractivity contribution in [2.75, 3.05) is 0 Å².